The van der Waals surface area contributed by atoms with E-state index < -0.39 is 10.0 Å². The first-order valence-corrected chi connectivity index (χ1v) is 6.94. The SMILES string of the molecule is CCN(CC)S(=O)(=O)c1cc(C)cc(C)c1. The van der Waals surface area contributed by atoms with Crippen LogP contribution in [-0.2, 0) is 10.0 Å². The van der Waals surface area contributed by atoms with Gasteiger partial charge in [0.1, 0.15) is 0 Å². The Balaban J connectivity index is 3.26. The van der Waals surface area contributed by atoms with Crippen molar-refractivity contribution in [3.63, 3.8) is 0 Å². The highest BCUT2D eigenvalue weighted by atomic mass is 32.2. The number of benzene rings is 1. The van der Waals surface area contributed by atoms with Crippen LogP contribution in [0.25, 0.3) is 0 Å². The molecule has 0 aliphatic rings. The van der Waals surface area contributed by atoms with Gasteiger partial charge in [-0.25, -0.2) is 8.42 Å². The van der Waals surface area contributed by atoms with Gasteiger partial charge in [0.2, 0.25) is 10.0 Å². The molecule has 0 bridgehead atoms. The third kappa shape index (κ3) is 2.62. The molecule has 4 heteroatoms. The summed E-state index contributed by atoms with van der Waals surface area (Å²) in [6, 6.07) is 5.42. The van der Waals surface area contributed by atoms with Crippen LogP contribution in [0, 0.1) is 13.8 Å². The second-order valence-corrected chi connectivity index (χ2v) is 5.85. The Labute approximate surface area is 98.1 Å². The van der Waals surface area contributed by atoms with Crippen molar-refractivity contribution in [3.05, 3.63) is 29.3 Å². The van der Waals surface area contributed by atoms with Crippen LogP contribution < -0.4 is 0 Å². The summed E-state index contributed by atoms with van der Waals surface area (Å²) >= 11 is 0. The number of hydrogen-bond acceptors (Lipinski definition) is 2. The Morgan fingerprint density at radius 3 is 1.81 bits per heavy atom. The van der Waals surface area contributed by atoms with Gasteiger partial charge in [-0.1, -0.05) is 19.9 Å². The zero-order valence-electron chi connectivity index (χ0n) is 10.3. The van der Waals surface area contributed by atoms with Crippen molar-refractivity contribution >= 4 is 10.0 Å². The smallest absolute Gasteiger partial charge is 0.207 e. The second-order valence-electron chi connectivity index (χ2n) is 3.91. The van der Waals surface area contributed by atoms with E-state index in [1.54, 1.807) is 12.1 Å². The minimum absolute atomic E-state index is 0.397. The molecule has 1 aromatic rings. The average molecular weight is 241 g/mol. The van der Waals surface area contributed by atoms with Gasteiger partial charge >= 0.3 is 0 Å². The fourth-order valence-electron chi connectivity index (χ4n) is 1.79. The van der Waals surface area contributed by atoms with E-state index in [0.717, 1.165) is 11.1 Å². The van der Waals surface area contributed by atoms with Gasteiger partial charge in [-0.2, -0.15) is 4.31 Å². The summed E-state index contributed by atoms with van der Waals surface area (Å²) in [5.74, 6) is 0. The first-order valence-electron chi connectivity index (χ1n) is 5.50. The normalized spacial score (nSPS) is 12.1. The van der Waals surface area contributed by atoms with Gasteiger partial charge in [-0.05, 0) is 37.1 Å². The maximum absolute atomic E-state index is 12.2. The molecule has 0 radical (unpaired) electrons. The molecule has 1 rings (SSSR count). The standard InChI is InChI=1S/C12H19NO2S/c1-5-13(6-2)16(14,15)12-8-10(3)7-11(4)9-12/h7-9H,5-6H2,1-4H3. The fraction of sp³-hybridized carbons (Fsp3) is 0.500. The van der Waals surface area contributed by atoms with Gasteiger partial charge in [0.05, 0.1) is 4.90 Å². The van der Waals surface area contributed by atoms with Crippen molar-refractivity contribution in [2.24, 2.45) is 0 Å². The molecule has 0 aliphatic heterocycles. The summed E-state index contributed by atoms with van der Waals surface area (Å²) in [5.41, 5.74) is 1.96. The predicted molar refractivity (Wildman–Crippen MR) is 66.0 cm³/mol. The molecule has 0 aromatic heterocycles. The van der Waals surface area contributed by atoms with Crippen molar-refractivity contribution in [1.29, 1.82) is 0 Å². The van der Waals surface area contributed by atoms with Crippen LogP contribution >= 0.6 is 0 Å². The lowest BCUT2D eigenvalue weighted by molar-refractivity contribution is 0.445. The quantitative estimate of drug-likeness (QED) is 0.811. The molecule has 90 valence electrons. The zero-order chi connectivity index (χ0) is 12.3. The third-order valence-corrected chi connectivity index (χ3v) is 4.57. The highest BCUT2D eigenvalue weighted by Gasteiger charge is 2.21. The highest BCUT2D eigenvalue weighted by molar-refractivity contribution is 7.89. The number of rotatable bonds is 4. The van der Waals surface area contributed by atoms with Crippen LogP contribution in [0.3, 0.4) is 0 Å². The minimum Gasteiger partial charge on any atom is -0.207 e. The summed E-state index contributed by atoms with van der Waals surface area (Å²) in [7, 11) is -3.31. The van der Waals surface area contributed by atoms with Crippen LogP contribution in [0.15, 0.2) is 23.1 Å². The molecule has 0 saturated carbocycles. The molecule has 16 heavy (non-hydrogen) atoms. The van der Waals surface area contributed by atoms with Crippen LogP contribution in [0.2, 0.25) is 0 Å². The summed E-state index contributed by atoms with van der Waals surface area (Å²) in [6.45, 7) is 8.54. The first kappa shape index (κ1) is 13.2. The molecule has 1 aromatic carbocycles. The average Bonchev–Trinajstić information content (AvgIpc) is 2.17. The molecule has 0 aliphatic carbocycles. The third-order valence-electron chi connectivity index (χ3n) is 2.54. The van der Waals surface area contributed by atoms with Crippen LogP contribution in [0.5, 0.6) is 0 Å². The van der Waals surface area contributed by atoms with Crippen molar-refractivity contribution in [1.82, 2.24) is 4.31 Å². The van der Waals surface area contributed by atoms with Crippen LogP contribution in [0.1, 0.15) is 25.0 Å². The van der Waals surface area contributed by atoms with Crippen molar-refractivity contribution < 1.29 is 8.42 Å². The number of hydrogen-bond donors (Lipinski definition) is 0. The summed E-state index contributed by atoms with van der Waals surface area (Å²) in [6.07, 6.45) is 0. The Hall–Kier alpha value is -0.870. The Bertz CT molecular complexity index is 442. The lowest BCUT2D eigenvalue weighted by Crippen LogP contribution is -2.30. The van der Waals surface area contributed by atoms with Gasteiger partial charge in [-0.3, -0.25) is 0 Å². The summed E-state index contributed by atoms with van der Waals surface area (Å²) in [4.78, 5) is 0.397. The highest BCUT2D eigenvalue weighted by Crippen LogP contribution is 2.18. The Kier molecular flexibility index (Phi) is 4.10. The molecule has 0 spiro atoms. The monoisotopic (exact) mass is 241 g/mol. The molecular weight excluding hydrogens is 222 g/mol. The molecule has 0 saturated heterocycles. The van der Waals surface area contributed by atoms with Gasteiger partial charge in [0.15, 0.2) is 0 Å². The second kappa shape index (κ2) is 4.97. The molecule has 0 atom stereocenters. The van der Waals surface area contributed by atoms with E-state index in [4.69, 9.17) is 0 Å². The minimum atomic E-state index is -3.31. The molecule has 0 amide bonds. The molecule has 0 fully saturated rings. The van der Waals surface area contributed by atoms with E-state index in [1.165, 1.54) is 4.31 Å². The van der Waals surface area contributed by atoms with Gasteiger partial charge in [0, 0.05) is 13.1 Å². The van der Waals surface area contributed by atoms with E-state index in [1.807, 2.05) is 33.8 Å². The summed E-state index contributed by atoms with van der Waals surface area (Å²) in [5, 5.41) is 0. The van der Waals surface area contributed by atoms with E-state index in [2.05, 4.69) is 0 Å². The first-order chi connectivity index (χ1) is 7.41. The lowest BCUT2D eigenvalue weighted by atomic mass is 10.2. The van der Waals surface area contributed by atoms with Crippen LogP contribution in [0.4, 0.5) is 0 Å². The van der Waals surface area contributed by atoms with Crippen LogP contribution in [-0.4, -0.2) is 25.8 Å². The van der Waals surface area contributed by atoms with Crippen molar-refractivity contribution in [3.8, 4) is 0 Å². The van der Waals surface area contributed by atoms with Gasteiger partial charge in [-0.15, -0.1) is 0 Å². The number of nitrogens with zero attached hydrogens (tertiary/aromatic N) is 1. The van der Waals surface area contributed by atoms with Gasteiger partial charge in [0.25, 0.3) is 0 Å². The fourth-order valence-corrected chi connectivity index (χ4v) is 3.44. The van der Waals surface area contributed by atoms with Crippen molar-refractivity contribution in [2.45, 2.75) is 32.6 Å². The topological polar surface area (TPSA) is 37.4 Å². The summed E-state index contributed by atoms with van der Waals surface area (Å²) < 4.78 is 25.9. The predicted octanol–water partition coefficient (Wildman–Crippen LogP) is 2.33. The molecule has 0 heterocycles. The zero-order valence-corrected chi connectivity index (χ0v) is 11.1. The van der Waals surface area contributed by atoms with E-state index in [9.17, 15) is 8.42 Å². The molecule has 0 N–H and O–H groups in total. The largest absolute Gasteiger partial charge is 0.243 e. The van der Waals surface area contributed by atoms with E-state index >= 15 is 0 Å². The number of aryl methyl sites for hydroxylation is 2. The lowest BCUT2D eigenvalue weighted by Gasteiger charge is -2.19. The van der Waals surface area contributed by atoms with E-state index in [-0.39, 0.29) is 0 Å². The maximum Gasteiger partial charge on any atom is 0.243 e. The van der Waals surface area contributed by atoms with Crippen molar-refractivity contribution in [2.75, 3.05) is 13.1 Å². The van der Waals surface area contributed by atoms with E-state index in [0.29, 0.717) is 18.0 Å². The number of sulfonamides is 1. The van der Waals surface area contributed by atoms with Gasteiger partial charge < -0.3 is 0 Å². The maximum atomic E-state index is 12.2. The molecule has 0 unspecified atom stereocenters. The molecular formula is C12H19NO2S. The Morgan fingerprint density at radius 2 is 1.44 bits per heavy atom. The molecule has 3 nitrogen and oxygen atoms in total. The Morgan fingerprint density at radius 1 is 1.00 bits per heavy atom.